The summed E-state index contributed by atoms with van der Waals surface area (Å²) in [4.78, 5) is 4.02. The Bertz CT molecular complexity index is 280. The van der Waals surface area contributed by atoms with Crippen molar-refractivity contribution >= 4 is 0 Å². The van der Waals surface area contributed by atoms with E-state index in [9.17, 15) is 0 Å². The minimum atomic E-state index is 0.426. The molecule has 1 unspecified atom stereocenters. The quantitative estimate of drug-likeness (QED) is 0.580. The third-order valence-corrected chi connectivity index (χ3v) is 3.39. The standard InChI is InChI=1S/C12H19N3/c13-15-12(11-3-1-2-4-11)9-10-5-7-14-8-6-10/h5-8,11-12,15H,1-4,9,13H2. The van der Waals surface area contributed by atoms with Gasteiger partial charge in [-0.1, -0.05) is 12.8 Å². The van der Waals surface area contributed by atoms with Crippen LogP contribution in [0.3, 0.4) is 0 Å². The number of pyridine rings is 1. The second-order valence-electron chi connectivity index (χ2n) is 4.38. The summed E-state index contributed by atoms with van der Waals surface area (Å²) in [5, 5.41) is 0. The number of hydrogen-bond acceptors (Lipinski definition) is 3. The van der Waals surface area contributed by atoms with Gasteiger partial charge in [0.25, 0.3) is 0 Å². The molecule has 0 aliphatic heterocycles. The summed E-state index contributed by atoms with van der Waals surface area (Å²) in [7, 11) is 0. The van der Waals surface area contributed by atoms with Gasteiger partial charge >= 0.3 is 0 Å². The van der Waals surface area contributed by atoms with Gasteiger partial charge in [0.05, 0.1) is 0 Å². The Balaban J connectivity index is 1.96. The van der Waals surface area contributed by atoms with Crippen LogP contribution in [0.4, 0.5) is 0 Å². The first-order valence-corrected chi connectivity index (χ1v) is 5.75. The number of hydrogen-bond donors (Lipinski definition) is 2. The summed E-state index contributed by atoms with van der Waals surface area (Å²) in [5.74, 6) is 6.39. The van der Waals surface area contributed by atoms with Gasteiger partial charge in [0, 0.05) is 18.4 Å². The first kappa shape index (κ1) is 10.6. The summed E-state index contributed by atoms with van der Waals surface area (Å²) in [5.41, 5.74) is 4.29. The Morgan fingerprint density at radius 1 is 1.33 bits per heavy atom. The molecule has 0 radical (unpaired) electrons. The second-order valence-corrected chi connectivity index (χ2v) is 4.38. The van der Waals surface area contributed by atoms with Crippen LogP contribution in [-0.2, 0) is 6.42 Å². The Morgan fingerprint density at radius 3 is 2.60 bits per heavy atom. The van der Waals surface area contributed by atoms with Crippen molar-refractivity contribution in [2.75, 3.05) is 0 Å². The smallest absolute Gasteiger partial charge is 0.0279 e. The maximum atomic E-state index is 5.63. The van der Waals surface area contributed by atoms with Crippen molar-refractivity contribution in [3.63, 3.8) is 0 Å². The topological polar surface area (TPSA) is 50.9 Å². The molecule has 1 saturated carbocycles. The fourth-order valence-corrected chi connectivity index (χ4v) is 2.49. The van der Waals surface area contributed by atoms with Crippen LogP contribution in [-0.4, -0.2) is 11.0 Å². The van der Waals surface area contributed by atoms with Gasteiger partial charge in [-0.25, -0.2) is 0 Å². The number of nitrogens with one attached hydrogen (secondary N) is 1. The molecule has 1 fully saturated rings. The molecule has 3 heteroatoms. The highest BCUT2D eigenvalue weighted by atomic mass is 15.2. The predicted octanol–water partition coefficient (Wildman–Crippen LogP) is 1.65. The molecule has 1 atom stereocenters. The molecule has 15 heavy (non-hydrogen) atoms. The highest BCUT2D eigenvalue weighted by molar-refractivity contribution is 5.11. The average molecular weight is 205 g/mol. The van der Waals surface area contributed by atoms with Crippen LogP contribution in [0.15, 0.2) is 24.5 Å². The van der Waals surface area contributed by atoms with E-state index in [0.29, 0.717) is 6.04 Å². The number of rotatable bonds is 4. The van der Waals surface area contributed by atoms with Crippen molar-refractivity contribution in [3.8, 4) is 0 Å². The van der Waals surface area contributed by atoms with Crippen molar-refractivity contribution in [1.82, 2.24) is 10.4 Å². The Kier molecular flexibility index (Phi) is 3.69. The molecule has 0 amide bonds. The van der Waals surface area contributed by atoms with Crippen molar-refractivity contribution < 1.29 is 0 Å². The van der Waals surface area contributed by atoms with E-state index in [0.717, 1.165) is 12.3 Å². The van der Waals surface area contributed by atoms with Gasteiger partial charge in [0.2, 0.25) is 0 Å². The van der Waals surface area contributed by atoms with Gasteiger partial charge in [-0.05, 0) is 42.9 Å². The van der Waals surface area contributed by atoms with Gasteiger partial charge in [0.1, 0.15) is 0 Å². The molecule has 0 bridgehead atoms. The monoisotopic (exact) mass is 205 g/mol. The number of hydrazine groups is 1. The number of aromatic nitrogens is 1. The maximum Gasteiger partial charge on any atom is 0.0279 e. The first-order valence-electron chi connectivity index (χ1n) is 5.75. The lowest BCUT2D eigenvalue weighted by Crippen LogP contribution is -2.41. The lowest BCUT2D eigenvalue weighted by Gasteiger charge is -2.22. The maximum absolute atomic E-state index is 5.63. The fourth-order valence-electron chi connectivity index (χ4n) is 2.49. The highest BCUT2D eigenvalue weighted by Gasteiger charge is 2.23. The minimum absolute atomic E-state index is 0.426. The minimum Gasteiger partial charge on any atom is -0.271 e. The average Bonchev–Trinajstić information content (AvgIpc) is 2.81. The molecule has 82 valence electrons. The van der Waals surface area contributed by atoms with Gasteiger partial charge in [0.15, 0.2) is 0 Å². The van der Waals surface area contributed by atoms with Crippen LogP contribution in [0.25, 0.3) is 0 Å². The van der Waals surface area contributed by atoms with Crippen molar-refractivity contribution in [2.45, 2.75) is 38.1 Å². The molecule has 1 aromatic rings. The Labute approximate surface area is 91.1 Å². The van der Waals surface area contributed by atoms with Gasteiger partial charge in [-0.2, -0.15) is 0 Å². The van der Waals surface area contributed by atoms with E-state index in [-0.39, 0.29) is 0 Å². The summed E-state index contributed by atoms with van der Waals surface area (Å²) in [6.45, 7) is 0. The predicted molar refractivity (Wildman–Crippen MR) is 61.0 cm³/mol. The third kappa shape index (κ3) is 2.76. The normalized spacial score (nSPS) is 19.3. The summed E-state index contributed by atoms with van der Waals surface area (Å²) >= 11 is 0. The molecule has 3 nitrogen and oxygen atoms in total. The van der Waals surface area contributed by atoms with Crippen molar-refractivity contribution in [3.05, 3.63) is 30.1 Å². The van der Waals surface area contributed by atoms with E-state index < -0.39 is 0 Å². The molecular formula is C12H19N3. The number of nitrogens with two attached hydrogens (primary N) is 1. The lowest BCUT2D eigenvalue weighted by molar-refractivity contribution is 0.361. The summed E-state index contributed by atoms with van der Waals surface area (Å²) < 4.78 is 0. The molecule has 2 rings (SSSR count). The van der Waals surface area contributed by atoms with Gasteiger partial charge < -0.3 is 0 Å². The molecule has 1 aliphatic rings. The molecule has 1 heterocycles. The summed E-state index contributed by atoms with van der Waals surface area (Å²) in [6, 6.07) is 4.56. The zero-order valence-corrected chi connectivity index (χ0v) is 9.02. The molecule has 0 saturated heterocycles. The SMILES string of the molecule is NNC(Cc1ccncc1)C1CCCC1. The van der Waals surface area contributed by atoms with Crippen LogP contribution in [0.5, 0.6) is 0 Å². The zero-order valence-electron chi connectivity index (χ0n) is 9.02. The second kappa shape index (κ2) is 5.24. The molecule has 3 N–H and O–H groups in total. The van der Waals surface area contributed by atoms with Crippen LogP contribution in [0.1, 0.15) is 31.2 Å². The zero-order chi connectivity index (χ0) is 10.5. The van der Waals surface area contributed by atoms with Crippen molar-refractivity contribution in [2.24, 2.45) is 11.8 Å². The van der Waals surface area contributed by atoms with E-state index >= 15 is 0 Å². The lowest BCUT2D eigenvalue weighted by atomic mass is 9.93. The fraction of sp³-hybridized carbons (Fsp3) is 0.583. The Hall–Kier alpha value is -0.930. The van der Waals surface area contributed by atoms with E-state index in [1.165, 1.54) is 31.2 Å². The number of nitrogens with zero attached hydrogens (tertiary/aromatic N) is 1. The Morgan fingerprint density at radius 2 is 2.00 bits per heavy atom. The van der Waals surface area contributed by atoms with Gasteiger partial charge in [-0.15, -0.1) is 0 Å². The molecule has 1 aromatic heterocycles. The van der Waals surface area contributed by atoms with Crippen molar-refractivity contribution in [1.29, 1.82) is 0 Å². The molecule has 1 aliphatic carbocycles. The third-order valence-electron chi connectivity index (χ3n) is 3.39. The van der Waals surface area contributed by atoms with E-state index in [1.54, 1.807) is 0 Å². The van der Waals surface area contributed by atoms with Gasteiger partial charge in [-0.3, -0.25) is 16.3 Å². The summed E-state index contributed by atoms with van der Waals surface area (Å²) in [6.07, 6.45) is 10.1. The molecular weight excluding hydrogens is 186 g/mol. The largest absolute Gasteiger partial charge is 0.271 e. The molecule has 0 aromatic carbocycles. The van der Waals surface area contributed by atoms with Crippen LogP contribution < -0.4 is 11.3 Å². The van der Waals surface area contributed by atoms with E-state index in [2.05, 4.69) is 22.5 Å². The van der Waals surface area contributed by atoms with E-state index in [4.69, 9.17) is 5.84 Å². The van der Waals surface area contributed by atoms with Crippen LogP contribution in [0, 0.1) is 5.92 Å². The van der Waals surface area contributed by atoms with Crippen LogP contribution >= 0.6 is 0 Å². The highest BCUT2D eigenvalue weighted by Crippen LogP contribution is 2.28. The molecule has 0 spiro atoms. The van der Waals surface area contributed by atoms with E-state index in [1.807, 2.05) is 12.4 Å². The first-order chi connectivity index (χ1) is 7.40. The van der Waals surface area contributed by atoms with Crippen LogP contribution in [0.2, 0.25) is 0 Å².